The van der Waals surface area contributed by atoms with Crippen LogP contribution in [0.4, 0.5) is 14.6 Å². The van der Waals surface area contributed by atoms with Gasteiger partial charge in [-0.2, -0.15) is 5.10 Å². The Morgan fingerprint density at radius 1 is 1.05 bits per heavy atom. The Morgan fingerprint density at radius 2 is 1.81 bits per heavy atom. The molecule has 3 nitrogen and oxygen atoms in total. The predicted octanol–water partition coefficient (Wildman–Crippen LogP) is 3.72. The van der Waals surface area contributed by atoms with Gasteiger partial charge >= 0.3 is 0 Å². The first-order chi connectivity index (χ1) is 10.3. The fraction of sp³-hybridized carbons (Fsp3) is 0.188. The van der Waals surface area contributed by atoms with Crippen LogP contribution in [0.2, 0.25) is 0 Å². The van der Waals surface area contributed by atoms with Crippen molar-refractivity contribution >= 4 is 16.7 Å². The zero-order valence-electron chi connectivity index (χ0n) is 11.2. The van der Waals surface area contributed by atoms with Crippen LogP contribution in [0.3, 0.4) is 0 Å². The number of anilines is 1. The van der Waals surface area contributed by atoms with Gasteiger partial charge in [-0.25, -0.2) is 13.5 Å². The summed E-state index contributed by atoms with van der Waals surface area (Å²) in [5.74, 6) is -0.218. The number of fused-ring (bicyclic) bond motifs is 3. The number of hydrogen-bond acceptors (Lipinski definition) is 2. The molecule has 1 aliphatic heterocycles. The normalized spacial score (nSPS) is 17.5. The third-order valence-corrected chi connectivity index (χ3v) is 3.94. The van der Waals surface area contributed by atoms with Crippen molar-refractivity contribution < 1.29 is 8.78 Å². The first-order valence-electron chi connectivity index (χ1n) is 6.91. The summed E-state index contributed by atoms with van der Waals surface area (Å²) in [7, 11) is 0. The van der Waals surface area contributed by atoms with Gasteiger partial charge in [0.25, 0.3) is 0 Å². The largest absolute Gasteiger partial charge is 0.370 e. The van der Waals surface area contributed by atoms with Crippen LogP contribution in [-0.4, -0.2) is 16.3 Å². The number of hydrogen-bond donors (Lipinski definition) is 1. The van der Waals surface area contributed by atoms with E-state index in [2.05, 4.69) is 10.4 Å². The summed E-state index contributed by atoms with van der Waals surface area (Å²) in [6.07, 6.45) is 0.596. The molecule has 0 bridgehead atoms. The molecule has 1 aliphatic rings. The second-order valence-electron chi connectivity index (χ2n) is 5.18. The zero-order valence-corrected chi connectivity index (χ0v) is 11.2. The number of aromatic nitrogens is 2. The summed E-state index contributed by atoms with van der Waals surface area (Å²) in [4.78, 5) is 0. The van der Waals surface area contributed by atoms with Gasteiger partial charge in [-0.1, -0.05) is 18.2 Å². The molecule has 1 unspecified atom stereocenters. The van der Waals surface area contributed by atoms with Gasteiger partial charge in [0.1, 0.15) is 17.5 Å². The van der Waals surface area contributed by atoms with Crippen molar-refractivity contribution in [3.05, 3.63) is 59.7 Å². The minimum atomic E-state index is -0.521. The standard InChI is InChI=1S/C16H13F2N3/c17-11-5-3-6-12(18)15(11)14-8-9-19-16-10-4-1-2-7-13(10)20-21(14)16/h1-7,14,19H,8-9H2. The van der Waals surface area contributed by atoms with Gasteiger partial charge < -0.3 is 5.32 Å². The highest BCUT2D eigenvalue weighted by atomic mass is 19.1. The third kappa shape index (κ3) is 1.81. The zero-order chi connectivity index (χ0) is 14.4. The van der Waals surface area contributed by atoms with Crippen LogP contribution >= 0.6 is 0 Å². The van der Waals surface area contributed by atoms with Crippen LogP contribution in [0, 0.1) is 11.6 Å². The SMILES string of the molecule is Fc1cccc(F)c1C1CCNc2c3ccccc3nn21. The third-order valence-electron chi connectivity index (χ3n) is 3.94. The number of nitrogens with zero attached hydrogens (tertiary/aromatic N) is 2. The monoisotopic (exact) mass is 285 g/mol. The molecular formula is C16H13F2N3. The molecule has 0 spiro atoms. The lowest BCUT2D eigenvalue weighted by molar-refractivity contribution is 0.436. The molecule has 0 saturated carbocycles. The Kier molecular flexibility index (Phi) is 2.67. The van der Waals surface area contributed by atoms with Crippen LogP contribution in [0.5, 0.6) is 0 Å². The van der Waals surface area contributed by atoms with E-state index in [0.29, 0.717) is 13.0 Å². The summed E-state index contributed by atoms with van der Waals surface area (Å²) in [6, 6.07) is 11.2. The molecule has 21 heavy (non-hydrogen) atoms. The first kappa shape index (κ1) is 12.3. The van der Waals surface area contributed by atoms with Crippen molar-refractivity contribution in [1.29, 1.82) is 0 Å². The predicted molar refractivity (Wildman–Crippen MR) is 77.3 cm³/mol. The van der Waals surface area contributed by atoms with Gasteiger partial charge in [0.2, 0.25) is 0 Å². The van der Waals surface area contributed by atoms with Gasteiger partial charge in [0, 0.05) is 17.5 Å². The first-order valence-corrected chi connectivity index (χ1v) is 6.91. The van der Waals surface area contributed by atoms with Crippen molar-refractivity contribution in [1.82, 2.24) is 9.78 Å². The van der Waals surface area contributed by atoms with E-state index < -0.39 is 17.7 Å². The van der Waals surface area contributed by atoms with E-state index in [0.717, 1.165) is 16.7 Å². The minimum absolute atomic E-state index is 0.0908. The maximum absolute atomic E-state index is 14.1. The minimum Gasteiger partial charge on any atom is -0.370 e. The average Bonchev–Trinajstić information content (AvgIpc) is 2.87. The molecule has 5 heteroatoms. The lowest BCUT2D eigenvalue weighted by Crippen LogP contribution is -2.25. The Bertz CT molecular complexity index is 805. The maximum atomic E-state index is 14.1. The topological polar surface area (TPSA) is 29.9 Å². The second-order valence-corrected chi connectivity index (χ2v) is 5.18. The molecule has 106 valence electrons. The van der Waals surface area contributed by atoms with E-state index in [4.69, 9.17) is 0 Å². The molecule has 2 heterocycles. The van der Waals surface area contributed by atoms with Crippen molar-refractivity contribution in [3.8, 4) is 0 Å². The van der Waals surface area contributed by atoms with Crippen LogP contribution in [0.1, 0.15) is 18.0 Å². The number of rotatable bonds is 1. The molecule has 0 saturated heterocycles. The Balaban J connectivity index is 1.95. The summed E-state index contributed by atoms with van der Waals surface area (Å²) in [5.41, 5.74) is 0.914. The molecule has 0 aliphatic carbocycles. The molecule has 1 N–H and O–H groups in total. The van der Waals surface area contributed by atoms with Crippen molar-refractivity contribution in [3.63, 3.8) is 0 Å². The summed E-state index contributed by atoms with van der Waals surface area (Å²) >= 11 is 0. The molecule has 1 atom stereocenters. The van der Waals surface area contributed by atoms with Crippen molar-refractivity contribution in [2.45, 2.75) is 12.5 Å². The van der Waals surface area contributed by atoms with Crippen LogP contribution in [-0.2, 0) is 0 Å². The van der Waals surface area contributed by atoms with Crippen LogP contribution in [0.25, 0.3) is 10.9 Å². The summed E-state index contributed by atoms with van der Waals surface area (Å²) in [5, 5.41) is 8.77. The average molecular weight is 285 g/mol. The lowest BCUT2D eigenvalue weighted by atomic mass is 10.0. The number of halogens is 2. The van der Waals surface area contributed by atoms with Crippen LogP contribution < -0.4 is 5.32 Å². The second kappa shape index (κ2) is 4.55. The van der Waals surface area contributed by atoms with E-state index in [1.165, 1.54) is 18.2 Å². The van der Waals surface area contributed by atoms with E-state index in [-0.39, 0.29) is 5.56 Å². The molecule has 4 rings (SSSR count). The van der Waals surface area contributed by atoms with Gasteiger partial charge in [0.15, 0.2) is 0 Å². The lowest BCUT2D eigenvalue weighted by Gasteiger charge is -2.26. The number of nitrogens with one attached hydrogen (secondary N) is 1. The highest BCUT2D eigenvalue weighted by Gasteiger charge is 2.28. The molecule has 0 radical (unpaired) electrons. The van der Waals surface area contributed by atoms with Gasteiger partial charge in [-0.05, 0) is 30.7 Å². The van der Waals surface area contributed by atoms with E-state index >= 15 is 0 Å². The molecular weight excluding hydrogens is 272 g/mol. The van der Waals surface area contributed by atoms with Gasteiger partial charge in [-0.3, -0.25) is 0 Å². The maximum Gasteiger partial charge on any atom is 0.132 e. The van der Waals surface area contributed by atoms with Crippen molar-refractivity contribution in [2.24, 2.45) is 0 Å². The summed E-state index contributed by atoms with van der Waals surface area (Å²) < 4.78 is 29.9. The van der Waals surface area contributed by atoms with E-state index in [1.807, 2.05) is 24.3 Å². The molecule has 0 fully saturated rings. The Morgan fingerprint density at radius 3 is 2.62 bits per heavy atom. The summed E-state index contributed by atoms with van der Waals surface area (Å²) in [6.45, 7) is 0.661. The highest BCUT2D eigenvalue weighted by molar-refractivity contribution is 5.90. The Hall–Kier alpha value is -2.43. The van der Waals surface area contributed by atoms with Gasteiger partial charge in [0.05, 0.1) is 11.6 Å². The van der Waals surface area contributed by atoms with E-state index in [1.54, 1.807) is 4.68 Å². The molecule has 2 aromatic carbocycles. The van der Waals surface area contributed by atoms with E-state index in [9.17, 15) is 8.78 Å². The fourth-order valence-corrected chi connectivity index (χ4v) is 3.00. The van der Waals surface area contributed by atoms with Crippen LogP contribution in [0.15, 0.2) is 42.5 Å². The Labute approximate surface area is 120 Å². The van der Waals surface area contributed by atoms with Crippen molar-refractivity contribution in [2.75, 3.05) is 11.9 Å². The highest BCUT2D eigenvalue weighted by Crippen LogP contribution is 2.36. The molecule has 3 aromatic rings. The number of benzene rings is 2. The molecule has 1 aromatic heterocycles. The van der Waals surface area contributed by atoms with Gasteiger partial charge in [-0.15, -0.1) is 0 Å². The quantitative estimate of drug-likeness (QED) is 0.738. The fourth-order valence-electron chi connectivity index (χ4n) is 3.00. The molecule has 0 amide bonds. The smallest absolute Gasteiger partial charge is 0.132 e.